The molecule has 10 heteroatoms. The molecule has 0 bridgehead atoms. The largest absolute Gasteiger partial charge is 0.463 e. The molecule has 0 radical (unpaired) electrons. The van der Waals surface area contributed by atoms with Gasteiger partial charge in [-0.3, -0.25) is 4.79 Å². The topological polar surface area (TPSA) is 117 Å². The first-order valence-corrected chi connectivity index (χ1v) is 10.3. The minimum Gasteiger partial charge on any atom is -0.463 e. The van der Waals surface area contributed by atoms with Gasteiger partial charge in [-0.15, -0.1) is 0 Å². The molecular weight excluding hydrogens is 416 g/mol. The van der Waals surface area contributed by atoms with Crippen molar-refractivity contribution in [2.75, 3.05) is 25.3 Å². The first-order chi connectivity index (χ1) is 15.7. The van der Waals surface area contributed by atoms with Gasteiger partial charge in [-0.2, -0.15) is 0 Å². The molecular formula is C22H20N4O6. The van der Waals surface area contributed by atoms with Gasteiger partial charge in [0.05, 0.1) is 31.6 Å². The summed E-state index contributed by atoms with van der Waals surface area (Å²) in [5.74, 6) is 2.12. The molecule has 1 aromatic carbocycles. The molecule has 4 atom stereocenters. The van der Waals surface area contributed by atoms with Crippen LogP contribution in [-0.4, -0.2) is 60.2 Å². The minimum absolute atomic E-state index is 0.140. The monoisotopic (exact) mass is 436 g/mol. The summed E-state index contributed by atoms with van der Waals surface area (Å²) >= 11 is 0. The maximum absolute atomic E-state index is 12.7. The Kier molecular flexibility index (Phi) is 4.66. The van der Waals surface area contributed by atoms with Crippen LogP contribution in [-0.2, 0) is 9.47 Å². The summed E-state index contributed by atoms with van der Waals surface area (Å²) in [7, 11) is 0. The van der Waals surface area contributed by atoms with Crippen LogP contribution in [0.5, 0.6) is 11.5 Å². The number of anilines is 1. The maximum Gasteiger partial charge on any atom is 0.251 e. The highest BCUT2D eigenvalue weighted by atomic mass is 16.7. The predicted molar refractivity (Wildman–Crippen MR) is 110 cm³/mol. The van der Waals surface area contributed by atoms with E-state index in [0.717, 1.165) is 0 Å². The fraction of sp³-hybridized carbons (Fsp3) is 0.318. The Hall–Kier alpha value is -3.63. The summed E-state index contributed by atoms with van der Waals surface area (Å²) in [6, 6.07) is 10.1. The molecule has 2 N–H and O–H groups in total. The van der Waals surface area contributed by atoms with Crippen molar-refractivity contribution in [3.05, 3.63) is 54.4 Å². The van der Waals surface area contributed by atoms with Crippen LogP contribution in [0.4, 0.5) is 5.95 Å². The van der Waals surface area contributed by atoms with Crippen molar-refractivity contribution in [1.82, 2.24) is 15.3 Å². The van der Waals surface area contributed by atoms with Crippen LogP contribution in [0.3, 0.4) is 0 Å². The van der Waals surface area contributed by atoms with Crippen molar-refractivity contribution in [2.45, 2.75) is 24.3 Å². The van der Waals surface area contributed by atoms with Crippen molar-refractivity contribution < 1.29 is 28.2 Å². The number of nitrogens with zero attached hydrogens (tertiary/aromatic N) is 2. The average molecular weight is 436 g/mol. The molecule has 3 aliphatic rings. The maximum atomic E-state index is 12.7. The Labute approximate surface area is 182 Å². The van der Waals surface area contributed by atoms with Crippen molar-refractivity contribution in [2.24, 2.45) is 0 Å². The minimum atomic E-state index is -0.265. The van der Waals surface area contributed by atoms with Gasteiger partial charge < -0.3 is 34.0 Å². The average Bonchev–Trinajstić information content (AvgIpc) is 3.60. The molecule has 6 rings (SSSR count). The normalized spacial score (nSPS) is 25.5. The summed E-state index contributed by atoms with van der Waals surface area (Å²) in [4.78, 5) is 21.6. The number of amides is 1. The third-order valence-corrected chi connectivity index (χ3v) is 5.75. The Morgan fingerprint density at radius 1 is 1.00 bits per heavy atom. The molecule has 3 aromatic rings. The van der Waals surface area contributed by atoms with Gasteiger partial charge in [-0.05, 0) is 36.4 Å². The van der Waals surface area contributed by atoms with E-state index in [9.17, 15) is 4.79 Å². The molecule has 3 aliphatic heterocycles. The van der Waals surface area contributed by atoms with Gasteiger partial charge in [0.15, 0.2) is 17.3 Å². The van der Waals surface area contributed by atoms with Gasteiger partial charge in [0, 0.05) is 11.8 Å². The van der Waals surface area contributed by atoms with E-state index in [4.69, 9.17) is 23.4 Å². The predicted octanol–water partition coefficient (Wildman–Crippen LogP) is 1.84. The fourth-order valence-electron chi connectivity index (χ4n) is 4.19. The van der Waals surface area contributed by atoms with E-state index in [1.54, 1.807) is 36.7 Å². The molecule has 5 heterocycles. The van der Waals surface area contributed by atoms with Gasteiger partial charge in [0.25, 0.3) is 5.91 Å². The number of hydrogen-bond donors (Lipinski definition) is 2. The molecule has 164 valence electrons. The standard InChI is InChI=1S/C22H20N4O6/c27-21(12-3-4-17-18(8-12)32-11-31-17)24-14-9-29-20-15(10-30-19(14)20)26-22-23-6-5-13(25-22)16-2-1-7-28-16/h1-8,14-15,19-20H,9-11H2,(H,24,27)(H,23,25,26)/t14-,15-,19+,20+/m0/s1. The van der Waals surface area contributed by atoms with Crippen LogP contribution < -0.4 is 20.1 Å². The summed E-state index contributed by atoms with van der Waals surface area (Å²) in [6.45, 7) is 0.939. The second-order valence-electron chi connectivity index (χ2n) is 7.74. The van der Waals surface area contributed by atoms with Gasteiger partial charge in [-0.25, -0.2) is 9.97 Å². The zero-order valence-corrected chi connectivity index (χ0v) is 16.9. The third-order valence-electron chi connectivity index (χ3n) is 5.75. The van der Waals surface area contributed by atoms with Crippen molar-refractivity contribution in [1.29, 1.82) is 0 Å². The summed E-state index contributed by atoms with van der Waals surface area (Å²) in [5.41, 5.74) is 1.18. The van der Waals surface area contributed by atoms with Crippen LogP contribution in [0.1, 0.15) is 10.4 Å². The third kappa shape index (κ3) is 3.43. The number of rotatable bonds is 5. The van der Waals surface area contributed by atoms with Gasteiger partial charge in [0.1, 0.15) is 17.9 Å². The molecule has 2 fully saturated rings. The van der Waals surface area contributed by atoms with Crippen LogP contribution in [0.25, 0.3) is 11.5 Å². The molecule has 10 nitrogen and oxygen atoms in total. The van der Waals surface area contributed by atoms with Crippen LogP contribution in [0.15, 0.2) is 53.3 Å². The number of furan rings is 1. The second-order valence-corrected chi connectivity index (χ2v) is 7.74. The Morgan fingerprint density at radius 2 is 1.84 bits per heavy atom. The summed E-state index contributed by atoms with van der Waals surface area (Å²) < 4.78 is 28.0. The molecule has 32 heavy (non-hydrogen) atoms. The van der Waals surface area contributed by atoms with Crippen LogP contribution in [0, 0.1) is 0 Å². The van der Waals surface area contributed by atoms with E-state index in [-0.39, 0.29) is 37.0 Å². The zero-order chi connectivity index (χ0) is 21.5. The van der Waals surface area contributed by atoms with E-state index >= 15 is 0 Å². The Bertz CT molecular complexity index is 1140. The lowest BCUT2D eigenvalue weighted by molar-refractivity contribution is 0.0652. The SMILES string of the molecule is O=C(N[C@H]1CO[C@H]2[C@@H]1OC[C@@H]2Nc1nccc(-c2ccco2)n1)c1ccc2c(c1)OCO2. The Morgan fingerprint density at radius 3 is 2.72 bits per heavy atom. The molecule has 2 aromatic heterocycles. The van der Waals surface area contributed by atoms with E-state index in [1.807, 2.05) is 12.1 Å². The van der Waals surface area contributed by atoms with Gasteiger partial charge in [0.2, 0.25) is 12.7 Å². The number of nitrogens with one attached hydrogen (secondary N) is 2. The number of carbonyl (C=O) groups is 1. The number of ether oxygens (including phenoxy) is 4. The van der Waals surface area contributed by atoms with E-state index in [0.29, 0.717) is 47.7 Å². The first-order valence-electron chi connectivity index (χ1n) is 10.3. The van der Waals surface area contributed by atoms with Gasteiger partial charge >= 0.3 is 0 Å². The lowest BCUT2D eigenvalue weighted by Crippen LogP contribution is -2.44. The lowest BCUT2D eigenvalue weighted by Gasteiger charge is -2.18. The van der Waals surface area contributed by atoms with Crippen molar-refractivity contribution >= 4 is 11.9 Å². The fourth-order valence-corrected chi connectivity index (χ4v) is 4.19. The summed E-state index contributed by atoms with van der Waals surface area (Å²) in [6.07, 6.45) is 2.78. The molecule has 0 saturated carbocycles. The highest BCUT2D eigenvalue weighted by Crippen LogP contribution is 2.33. The van der Waals surface area contributed by atoms with Gasteiger partial charge in [-0.1, -0.05) is 0 Å². The number of benzene rings is 1. The Balaban J connectivity index is 1.11. The number of fused-ring (bicyclic) bond motifs is 2. The van der Waals surface area contributed by atoms with Crippen LogP contribution in [0.2, 0.25) is 0 Å². The smallest absolute Gasteiger partial charge is 0.251 e. The number of aromatic nitrogens is 2. The van der Waals surface area contributed by atoms with E-state index < -0.39 is 0 Å². The first kappa shape index (κ1) is 19.1. The van der Waals surface area contributed by atoms with Crippen molar-refractivity contribution in [3.63, 3.8) is 0 Å². The zero-order valence-electron chi connectivity index (χ0n) is 16.9. The highest BCUT2D eigenvalue weighted by molar-refractivity contribution is 5.95. The second kappa shape index (κ2) is 7.81. The molecule has 0 aliphatic carbocycles. The molecule has 2 saturated heterocycles. The van der Waals surface area contributed by atoms with Crippen LogP contribution >= 0.6 is 0 Å². The summed E-state index contributed by atoms with van der Waals surface area (Å²) in [5, 5.41) is 6.30. The molecule has 0 unspecified atom stereocenters. The van der Waals surface area contributed by atoms with E-state index in [2.05, 4.69) is 20.6 Å². The molecule has 1 amide bonds. The number of carbonyl (C=O) groups excluding carboxylic acids is 1. The number of hydrogen-bond acceptors (Lipinski definition) is 9. The highest BCUT2D eigenvalue weighted by Gasteiger charge is 2.48. The molecule has 0 spiro atoms. The van der Waals surface area contributed by atoms with Crippen molar-refractivity contribution in [3.8, 4) is 23.0 Å². The quantitative estimate of drug-likeness (QED) is 0.618. The van der Waals surface area contributed by atoms with E-state index in [1.165, 1.54) is 0 Å². The lowest BCUT2D eigenvalue weighted by atomic mass is 10.1.